The lowest BCUT2D eigenvalue weighted by molar-refractivity contribution is -0.140. The molecule has 1 aliphatic rings. The highest BCUT2D eigenvalue weighted by molar-refractivity contribution is 6.46. The van der Waals surface area contributed by atoms with Gasteiger partial charge in [0.05, 0.1) is 11.6 Å². The van der Waals surface area contributed by atoms with Crippen molar-refractivity contribution in [2.75, 3.05) is 0 Å². The number of ketones is 1. The molecule has 1 aromatic carbocycles. The Labute approximate surface area is 166 Å². The molecular formula is C22H16FN3O3. The van der Waals surface area contributed by atoms with Crippen LogP contribution < -0.4 is 0 Å². The summed E-state index contributed by atoms with van der Waals surface area (Å²) in [5.74, 6) is -2.32. The van der Waals surface area contributed by atoms with Gasteiger partial charge in [0.25, 0.3) is 11.7 Å². The average Bonchev–Trinajstić information content (AvgIpc) is 3.00. The van der Waals surface area contributed by atoms with E-state index in [2.05, 4.69) is 9.97 Å². The van der Waals surface area contributed by atoms with E-state index in [4.69, 9.17) is 0 Å². The molecule has 3 aromatic rings. The maximum atomic E-state index is 13.3. The molecule has 144 valence electrons. The molecule has 3 heterocycles. The molecule has 1 amide bonds. The van der Waals surface area contributed by atoms with Gasteiger partial charge >= 0.3 is 0 Å². The summed E-state index contributed by atoms with van der Waals surface area (Å²) in [4.78, 5) is 35.0. The number of hydrogen-bond donors (Lipinski definition) is 1. The SMILES string of the molecule is O=C1C(=O)N(Cc2ccncc2)C(c2ccncc2)/C1=C(\O)c1ccc(F)cc1. The molecule has 1 unspecified atom stereocenters. The van der Waals surface area contributed by atoms with Gasteiger partial charge in [-0.05, 0) is 59.7 Å². The summed E-state index contributed by atoms with van der Waals surface area (Å²) >= 11 is 0. The topological polar surface area (TPSA) is 83.4 Å². The molecule has 0 aliphatic carbocycles. The summed E-state index contributed by atoms with van der Waals surface area (Å²) in [7, 11) is 0. The molecule has 7 heteroatoms. The predicted octanol–water partition coefficient (Wildman–Crippen LogP) is 3.24. The van der Waals surface area contributed by atoms with E-state index in [1.807, 2.05) is 0 Å². The molecule has 0 bridgehead atoms. The Bertz CT molecular complexity index is 1080. The van der Waals surface area contributed by atoms with Crippen LogP contribution in [0.25, 0.3) is 5.76 Å². The molecule has 2 aromatic heterocycles. The molecular weight excluding hydrogens is 373 g/mol. The van der Waals surface area contributed by atoms with E-state index in [0.29, 0.717) is 5.56 Å². The molecule has 4 rings (SSSR count). The number of Topliss-reactive ketones (excluding diaryl/α,β-unsaturated/α-hetero) is 1. The van der Waals surface area contributed by atoms with E-state index in [9.17, 15) is 19.1 Å². The third kappa shape index (κ3) is 3.50. The van der Waals surface area contributed by atoms with Gasteiger partial charge in [0.15, 0.2) is 0 Å². The first-order valence-corrected chi connectivity index (χ1v) is 8.89. The maximum absolute atomic E-state index is 13.3. The number of benzene rings is 1. The highest BCUT2D eigenvalue weighted by Crippen LogP contribution is 2.40. The zero-order valence-electron chi connectivity index (χ0n) is 15.2. The Morgan fingerprint density at radius 3 is 2.14 bits per heavy atom. The Balaban J connectivity index is 1.85. The summed E-state index contributed by atoms with van der Waals surface area (Å²) in [6.45, 7) is 0.167. The first-order valence-electron chi connectivity index (χ1n) is 8.89. The van der Waals surface area contributed by atoms with Gasteiger partial charge in [-0.15, -0.1) is 0 Å². The average molecular weight is 389 g/mol. The lowest BCUT2D eigenvalue weighted by atomic mass is 9.96. The number of amides is 1. The van der Waals surface area contributed by atoms with E-state index in [1.165, 1.54) is 29.2 Å². The van der Waals surface area contributed by atoms with Crippen LogP contribution >= 0.6 is 0 Å². The van der Waals surface area contributed by atoms with E-state index < -0.39 is 23.5 Å². The first-order chi connectivity index (χ1) is 14.1. The Morgan fingerprint density at radius 2 is 1.52 bits per heavy atom. The van der Waals surface area contributed by atoms with Crippen molar-refractivity contribution in [2.45, 2.75) is 12.6 Å². The smallest absolute Gasteiger partial charge is 0.295 e. The molecule has 6 nitrogen and oxygen atoms in total. The first kappa shape index (κ1) is 18.5. The summed E-state index contributed by atoms with van der Waals surface area (Å²) < 4.78 is 13.3. The van der Waals surface area contributed by atoms with Crippen molar-refractivity contribution >= 4 is 17.4 Å². The third-order valence-corrected chi connectivity index (χ3v) is 4.78. The zero-order chi connectivity index (χ0) is 20.4. The molecule has 0 radical (unpaired) electrons. The molecule has 1 atom stereocenters. The van der Waals surface area contributed by atoms with Crippen LogP contribution in [0.4, 0.5) is 4.39 Å². The number of aromatic nitrogens is 2. The second-order valence-corrected chi connectivity index (χ2v) is 6.57. The van der Waals surface area contributed by atoms with Crippen LogP contribution in [-0.4, -0.2) is 31.7 Å². The third-order valence-electron chi connectivity index (χ3n) is 4.78. The standard InChI is InChI=1S/C22H16FN3O3/c23-17-3-1-16(2-4-17)20(27)18-19(15-7-11-25-12-8-15)26(22(29)21(18)28)13-14-5-9-24-10-6-14/h1-12,19,27H,13H2/b20-18+. The van der Waals surface area contributed by atoms with Gasteiger partial charge < -0.3 is 10.0 Å². The molecule has 0 saturated carbocycles. The van der Waals surface area contributed by atoms with E-state index >= 15 is 0 Å². The summed E-state index contributed by atoms with van der Waals surface area (Å²) in [5.41, 5.74) is 1.65. The molecule has 0 spiro atoms. The number of carbonyl (C=O) groups excluding carboxylic acids is 2. The van der Waals surface area contributed by atoms with E-state index in [1.54, 1.807) is 49.1 Å². The number of likely N-dealkylation sites (tertiary alicyclic amines) is 1. The Morgan fingerprint density at radius 1 is 0.931 bits per heavy atom. The number of aliphatic hydroxyl groups excluding tert-OH is 1. The molecule has 1 aliphatic heterocycles. The lowest BCUT2D eigenvalue weighted by Crippen LogP contribution is -2.29. The van der Waals surface area contributed by atoms with E-state index in [0.717, 1.165) is 5.56 Å². The number of nitrogens with zero attached hydrogens (tertiary/aromatic N) is 3. The number of pyridine rings is 2. The monoisotopic (exact) mass is 389 g/mol. The predicted molar refractivity (Wildman–Crippen MR) is 103 cm³/mol. The quantitative estimate of drug-likeness (QED) is 0.421. The van der Waals surface area contributed by atoms with Crippen molar-refractivity contribution in [3.63, 3.8) is 0 Å². The van der Waals surface area contributed by atoms with Gasteiger partial charge in [-0.3, -0.25) is 19.6 Å². The minimum Gasteiger partial charge on any atom is -0.507 e. The fraction of sp³-hybridized carbons (Fsp3) is 0.0909. The van der Waals surface area contributed by atoms with Crippen LogP contribution in [0.5, 0.6) is 0 Å². The summed E-state index contributed by atoms with van der Waals surface area (Å²) in [6.07, 6.45) is 6.32. The number of rotatable bonds is 4. The van der Waals surface area contributed by atoms with Crippen molar-refractivity contribution in [3.8, 4) is 0 Å². The van der Waals surface area contributed by atoms with Gasteiger partial charge in [-0.1, -0.05) is 0 Å². The molecule has 1 fully saturated rings. The van der Waals surface area contributed by atoms with Crippen LogP contribution in [0, 0.1) is 5.82 Å². The lowest BCUT2D eigenvalue weighted by Gasteiger charge is -2.25. The largest absolute Gasteiger partial charge is 0.507 e. The molecule has 29 heavy (non-hydrogen) atoms. The summed E-state index contributed by atoms with van der Waals surface area (Å²) in [5, 5.41) is 10.8. The number of aliphatic hydroxyl groups is 1. The number of halogens is 1. The molecule has 1 saturated heterocycles. The Hall–Kier alpha value is -3.87. The van der Waals surface area contributed by atoms with E-state index in [-0.39, 0.29) is 23.4 Å². The second kappa shape index (κ2) is 7.63. The second-order valence-electron chi connectivity index (χ2n) is 6.57. The van der Waals surface area contributed by atoms with Crippen molar-refractivity contribution < 1.29 is 19.1 Å². The minimum atomic E-state index is -0.795. The van der Waals surface area contributed by atoms with Crippen LogP contribution in [0.3, 0.4) is 0 Å². The van der Waals surface area contributed by atoms with Crippen molar-refractivity contribution in [1.82, 2.24) is 14.9 Å². The highest BCUT2D eigenvalue weighted by Gasteiger charge is 2.46. The van der Waals surface area contributed by atoms with Crippen molar-refractivity contribution in [1.29, 1.82) is 0 Å². The van der Waals surface area contributed by atoms with Gasteiger partial charge in [0.1, 0.15) is 11.6 Å². The van der Waals surface area contributed by atoms with Crippen LogP contribution in [0.15, 0.2) is 78.9 Å². The normalized spacial score (nSPS) is 18.2. The van der Waals surface area contributed by atoms with Crippen LogP contribution in [-0.2, 0) is 16.1 Å². The van der Waals surface area contributed by atoms with Crippen molar-refractivity contribution in [3.05, 3.63) is 101 Å². The fourth-order valence-corrected chi connectivity index (χ4v) is 3.38. The summed E-state index contributed by atoms with van der Waals surface area (Å²) in [6, 6.07) is 11.2. The van der Waals surface area contributed by atoms with Crippen molar-refractivity contribution in [2.24, 2.45) is 0 Å². The highest BCUT2D eigenvalue weighted by atomic mass is 19.1. The zero-order valence-corrected chi connectivity index (χ0v) is 15.2. The van der Waals surface area contributed by atoms with Gasteiger partial charge in [-0.2, -0.15) is 0 Å². The molecule has 1 N–H and O–H groups in total. The minimum absolute atomic E-state index is 0.0399. The Kier molecular flexibility index (Phi) is 4.87. The van der Waals surface area contributed by atoms with Gasteiger partial charge in [0, 0.05) is 36.9 Å². The maximum Gasteiger partial charge on any atom is 0.295 e. The van der Waals surface area contributed by atoms with Crippen LogP contribution in [0.2, 0.25) is 0 Å². The number of carbonyl (C=O) groups is 2. The van der Waals surface area contributed by atoms with Gasteiger partial charge in [0.2, 0.25) is 0 Å². The van der Waals surface area contributed by atoms with Crippen LogP contribution in [0.1, 0.15) is 22.7 Å². The van der Waals surface area contributed by atoms with Gasteiger partial charge in [-0.25, -0.2) is 4.39 Å². The fourth-order valence-electron chi connectivity index (χ4n) is 3.38. The number of hydrogen-bond acceptors (Lipinski definition) is 5.